The van der Waals surface area contributed by atoms with Crippen molar-refractivity contribution < 1.29 is 19.1 Å². The third-order valence-electron chi connectivity index (χ3n) is 7.96. The Morgan fingerprint density at radius 3 is 2.47 bits per heavy atom. The van der Waals surface area contributed by atoms with Gasteiger partial charge in [0.2, 0.25) is 0 Å². The molecule has 3 aliphatic heterocycles. The van der Waals surface area contributed by atoms with Gasteiger partial charge in [0, 0.05) is 45.1 Å². The number of carbonyl (C=O) groups is 2. The number of nitrogens with zero attached hydrogens (tertiary/aromatic N) is 3. The number of ether oxygens (including phenoxy) is 2. The van der Waals surface area contributed by atoms with Gasteiger partial charge in [-0.1, -0.05) is 60.7 Å². The molecule has 3 saturated heterocycles. The van der Waals surface area contributed by atoms with Gasteiger partial charge in [-0.25, -0.2) is 9.59 Å². The van der Waals surface area contributed by atoms with Gasteiger partial charge < -0.3 is 14.4 Å². The summed E-state index contributed by atoms with van der Waals surface area (Å²) in [7, 11) is 1.41. The predicted octanol–water partition coefficient (Wildman–Crippen LogP) is 3.31. The second kappa shape index (κ2) is 10.3. The lowest BCUT2D eigenvalue weighted by Gasteiger charge is -2.44. The van der Waals surface area contributed by atoms with E-state index in [1.807, 2.05) is 70.5 Å². The summed E-state index contributed by atoms with van der Waals surface area (Å²) in [6.07, 6.45) is 2.50. The van der Waals surface area contributed by atoms with Crippen LogP contribution in [0.2, 0.25) is 0 Å². The van der Waals surface area contributed by atoms with E-state index < -0.39 is 6.04 Å². The number of carbonyl (C=O) groups excluding carboxylic acids is 2. The van der Waals surface area contributed by atoms with Crippen LogP contribution in [0.4, 0.5) is 4.79 Å². The van der Waals surface area contributed by atoms with E-state index in [0.717, 1.165) is 37.1 Å². The predicted molar refractivity (Wildman–Crippen MR) is 136 cm³/mol. The van der Waals surface area contributed by atoms with E-state index in [9.17, 15) is 9.59 Å². The Labute approximate surface area is 212 Å². The fraction of sp³-hybridized carbons (Fsp3) is 0.464. The van der Waals surface area contributed by atoms with Crippen LogP contribution < -0.4 is 0 Å². The molecule has 8 heteroatoms. The van der Waals surface area contributed by atoms with Crippen LogP contribution >= 0.6 is 0 Å². The number of likely N-dealkylation sites (tertiary alicyclic amines) is 2. The van der Waals surface area contributed by atoms with Crippen LogP contribution in [-0.4, -0.2) is 83.6 Å². The van der Waals surface area contributed by atoms with Crippen LogP contribution in [0.25, 0.3) is 0 Å². The summed E-state index contributed by atoms with van der Waals surface area (Å²) in [6, 6.07) is 19.6. The van der Waals surface area contributed by atoms with E-state index in [-0.39, 0.29) is 23.6 Å². The molecule has 1 N–H and O–H groups in total. The third kappa shape index (κ3) is 4.82. The minimum absolute atomic E-state index is 0.112. The maximum atomic E-state index is 12.9. The highest BCUT2D eigenvalue weighted by atomic mass is 16.6. The molecule has 5 rings (SSSR count). The zero-order chi connectivity index (χ0) is 25.1. The van der Waals surface area contributed by atoms with E-state index in [2.05, 4.69) is 4.90 Å². The topological polar surface area (TPSA) is 86.2 Å². The molecule has 1 amide bonds. The van der Waals surface area contributed by atoms with Crippen molar-refractivity contribution in [3.63, 3.8) is 0 Å². The standard InChI is InChI=1S/C28H34N4O4/c1-35-26(33)24-17-23(19-31(24)25(29)16-21-8-4-2-5-9-21)30-14-12-28(20-30)13-15-36-27(34)32(28)18-22-10-6-3-7-11-22/h2-11,23-24,29H,12-20H2,1H3. The lowest BCUT2D eigenvalue weighted by atomic mass is 9.90. The molecule has 0 bridgehead atoms. The summed E-state index contributed by atoms with van der Waals surface area (Å²) in [4.78, 5) is 31.8. The van der Waals surface area contributed by atoms with Crippen LogP contribution in [0.3, 0.4) is 0 Å². The number of amidine groups is 1. The Balaban J connectivity index is 1.31. The molecule has 3 fully saturated rings. The van der Waals surface area contributed by atoms with E-state index in [1.165, 1.54) is 7.11 Å². The van der Waals surface area contributed by atoms with Crippen LogP contribution in [0.5, 0.6) is 0 Å². The van der Waals surface area contributed by atoms with Crippen molar-refractivity contribution in [3.05, 3.63) is 71.8 Å². The van der Waals surface area contributed by atoms with Gasteiger partial charge in [0.05, 0.1) is 19.3 Å². The molecule has 3 unspecified atom stereocenters. The number of methoxy groups -OCH3 is 1. The number of cyclic esters (lactones) is 1. The normalized spacial score (nSPS) is 26.3. The summed E-state index contributed by atoms with van der Waals surface area (Å²) in [5.41, 5.74) is 1.85. The Hall–Kier alpha value is -3.39. The second-order valence-corrected chi connectivity index (χ2v) is 10.1. The van der Waals surface area contributed by atoms with Crippen LogP contribution in [0.1, 0.15) is 30.4 Å². The van der Waals surface area contributed by atoms with Crippen LogP contribution in [0.15, 0.2) is 60.7 Å². The fourth-order valence-electron chi connectivity index (χ4n) is 5.98. The van der Waals surface area contributed by atoms with Crippen molar-refractivity contribution >= 4 is 17.9 Å². The highest BCUT2D eigenvalue weighted by Crippen LogP contribution is 2.38. The van der Waals surface area contributed by atoms with Gasteiger partial charge in [-0.05, 0) is 24.0 Å². The number of esters is 1. The van der Waals surface area contributed by atoms with Crippen molar-refractivity contribution in [1.29, 1.82) is 5.41 Å². The maximum absolute atomic E-state index is 12.9. The fourth-order valence-corrected chi connectivity index (χ4v) is 5.98. The van der Waals surface area contributed by atoms with Gasteiger partial charge in [0.25, 0.3) is 0 Å². The first kappa shape index (κ1) is 24.3. The van der Waals surface area contributed by atoms with E-state index in [4.69, 9.17) is 14.9 Å². The molecule has 0 aromatic heterocycles. The number of amides is 1. The molecular weight excluding hydrogens is 456 g/mol. The quantitative estimate of drug-likeness (QED) is 0.380. The molecule has 190 valence electrons. The third-order valence-corrected chi connectivity index (χ3v) is 7.96. The van der Waals surface area contributed by atoms with Gasteiger partial charge in [-0.2, -0.15) is 0 Å². The molecule has 3 heterocycles. The van der Waals surface area contributed by atoms with E-state index in [0.29, 0.717) is 38.4 Å². The summed E-state index contributed by atoms with van der Waals surface area (Å²) in [6.45, 7) is 3.15. The molecule has 2 aromatic rings. The zero-order valence-electron chi connectivity index (χ0n) is 20.8. The SMILES string of the molecule is COC(=O)C1CC(N2CCC3(CCOC(=O)N3Cc3ccccc3)C2)CN1C(=N)Cc1ccccc1. The number of hydrogen-bond donors (Lipinski definition) is 1. The summed E-state index contributed by atoms with van der Waals surface area (Å²) in [5, 5.41) is 8.79. The Morgan fingerprint density at radius 2 is 1.78 bits per heavy atom. The van der Waals surface area contributed by atoms with E-state index >= 15 is 0 Å². The van der Waals surface area contributed by atoms with Gasteiger partial charge in [0.15, 0.2) is 0 Å². The Morgan fingerprint density at radius 1 is 1.08 bits per heavy atom. The first-order chi connectivity index (χ1) is 17.5. The Kier molecular flexibility index (Phi) is 6.96. The minimum Gasteiger partial charge on any atom is -0.467 e. The lowest BCUT2D eigenvalue weighted by Crippen LogP contribution is -2.57. The highest BCUT2D eigenvalue weighted by Gasteiger charge is 2.51. The van der Waals surface area contributed by atoms with Crippen LogP contribution in [-0.2, 0) is 27.2 Å². The average molecular weight is 491 g/mol. The summed E-state index contributed by atoms with van der Waals surface area (Å²) >= 11 is 0. The molecular formula is C28H34N4O4. The molecule has 3 aliphatic rings. The smallest absolute Gasteiger partial charge is 0.410 e. The van der Waals surface area contributed by atoms with Gasteiger partial charge in [-0.3, -0.25) is 15.2 Å². The molecule has 3 atom stereocenters. The lowest BCUT2D eigenvalue weighted by molar-refractivity contribution is -0.144. The van der Waals surface area contributed by atoms with Gasteiger partial charge in [-0.15, -0.1) is 0 Å². The largest absolute Gasteiger partial charge is 0.467 e. The average Bonchev–Trinajstić information content (AvgIpc) is 3.53. The first-order valence-electron chi connectivity index (χ1n) is 12.7. The minimum atomic E-state index is -0.468. The molecule has 2 aromatic carbocycles. The van der Waals surface area contributed by atoms with Gasteiger partial charge >= 0.3 is 12.1 Å². The molecule has 0 radical (unpaired) electrons. The summed E-state index contributed by atoms with van der Waals surface area (Å²) in [5.74, 6) is 0.135. The van der Waals surface area contributed by atoms with Crippen molar-refractivity contribution in [2.24, 2.45) is 0 Å². The van der Waals surface area contributed by atoms with Crippen molar-refractivity contribution in [1.82, 2.24) is 14.7 Å². The molecule has 0 saturated carbocycles. The molecule has 8 nitrogen and oxygen atoms in total. The zero-order valence-corrected chi connectivity index (χ0v) is 20.8. The molecule has 36 heavy (non-hydrogen) atoms. The monoisotopic (exact) mass is 490 g/mol. The molecule has 0 aliphatic carbocycles. The first-order valence-corrected chi connectivity index (χ1v) is 12.7. The van der Waals surface area contributed by atoms with Gasteiger partial charge in [0.1, 0.15) is 11.9 Å². The summed E-state index contributed by atoms with van der Waals surface area (Å²) < 4.78 is 10.6. The van der Waals surface area contributed by atoms with E-state index in [1.54, 1.807) is 0 Å². The number of rotatable bonds is 6. The van der Waals surface area contributed by atoms with Crippen LogP contribution in [0, 0.1) is 5.41 Å². The Bertz CT molecular complexity index is 1100. The number of hydrogen-bond acceptors (Lipinski definition) is 6. The van der Waals surface area contributed by atoms with Crippen molar-refractivity contribution in [2.75, 3.05) is 33.4 Å². The second-order valence-electron chi connectivity index (χ2n) is 10.1. The molecule has 1 spiro atoms. The maximum Gasteiger partial charge on any atom is 0.410 e. The van der Waals surface area contributed by atoms with Crippen molar-refractivity contribution in [2.45, 2.75) is 49.9 Å². The number of benzene rings is 2. The van der Waals surface area contributed by atoms with Crippen molar-refractivity contribution in [3.8, 4) is 0 Å². The highest BCUT2D eigenvalue weighted by molar-refractivity contribution is 5.88. The number of nitrogens with one attached hydrogen (secondary N) is 1.